The number of alkyl halides is 3. The Kier molecular flexibility index (Phi) is 3.63. The molecule has 0 heterocycles. The molecule has 2 rings (SSSR count). The molecule has 0 radical (unpaired) electrons. The van der Waals surface area contributed by atoms with Gasteiger partial charge in [-0.15, -0.1) is 12.4 Å². The second-order valence-electron chi connectivity index (χ2n) is 3.41. The van der Waals surface area contributed by atoms with E-state index in [9.17, 15) is 21.6 Å². The maximum absolute atomic E-state index is 12.0. The second kappa shape index (κ2) is 4.38. The fourth-order valence-corrected chi connectivity index (χ4v) is 1.85. The van der Waals surface area contributed by atoms with Crippen molar-refractivity contribution in [3.05, 3.63) is 29.3 Å². The van der Waals surface area contributed by atoms with Crippen molar-refractivity contribution in [2.45, 2.75) is 18.3 Å². The maximum Gasteiger partial charge on any atom is 0.534 e. The van der Waals surface area contributed by atoms with Crippen LogP contribution >= 0.6 is 12.4 Å². The molecule has 0 aromatic heterocycles. The number of rotatable bonds is 2. The van der Waals surface area contributed by atoms with E-state index in [0.29, 0.717) is 0 Å². The molecule has 1 aliphatic carbocycles. The summed E-state index contributed by atoms with van der Waals surface area (Å²) in [5, 5.41) is 0. The molecule has 0 unspecified atom stereocenters. The Morgan fingerprint density at radius 1 is 1.12 bits per heavy atom. The molecule has 0 bridgehead atoms. The largest absolute Gasteiger partial charge is 0.534 e. The molecule has 0 atom stereocenters. The van der Waals surface area contributed by atoms with Gasteiger partial charge in [-0.05, 0) is 36.1 Å². The molecule has 0 fully saturated rings. The van der Waals surface area contributed by atoms with E-state index in [-0.39, 0.29) is 18.2 Å². The fourth-order valence-electron chi connectivity index (χ4n) is 1.40. The topological polar surface area (TPSA) is 43.4 Å². The number of hydrogen-bond acceptors (Lipinski definition) is 3. The first-order chi connectivity index (χ1) is 7.29. The van der Waals surface area contributed by atoms with Crippen molar-refractivity contribution in [2.24, 2.45) is 0 Å². The molecule has 0 saturated heterocycles. The predicted molar refractivity (Wildman–Crippen MR) is 56.7 cm³/mol. The summed E-state index contributed by atoms with van der Waals surface area (Å²) in [4.78, 5) is 0. The molecule has 1 aliphatic rings. The van der Waals surface area contributed by atoms with Crippen molar-refractivity contribution in [1.82, 2.24) is 0 Å². The van der Waals surface area contributed by atoms with Gasteiger partial charge in [0, 0.05) is 0 Å². The molecule has 3 nitrogen and oxygen atoms in total. The van der Waals surface area contributed by atoms with Crippen LogP contribution in [0.3, 0.4) is 0 Å². The van der Waals surface area contributed by atoms with Crippen molar-refractivity contribution >= 4 is 22.5 Å². The van der Waals surface area contributed by atoms with Crippen LogP contribution in [0.4, 0.5) is 13.2 Å². The lowest BCUT2D eigenvalue weighted by molar-refractivity contribution is -0.0500. The lowest BCUT2D eigenvalue weighted by atomic mass is 9.89. The number of benzene rings is 1. The van der Waals surface area contributed by atoms with Crippen LogP contribution in [0.15, 0.2) is 18.2 Å². The van der Waals surface area contributed by atoms with Crippen LogP contribution in [0, 0.1) is 0 Å². The van der Waals surface area contributed by atoms with Crippen LogP contribution < -0.4 is 4.18 Å². The Hall–Kier alpha value is -0.950. The third kappa shape index (κ3) is 2.66. The molecule has 17 heavy (non-hydrogen) atoms. The van der Waals surface area contributed by atoms with Gasteiger partial charge in [-0.2, -0.15) is 21.6 Å². The van der Waals surface area contributed by atoms with Crippen LogP contribution in [0.2, 0.25) is 0 Å². The normalized spacial score (nSPS) is 14.3. The Morgan fingerprint density at radius 3 is 2.12 bits per heavy atom. The smallest absolute Gasteiger partial charge is 0.376 e. The Balaban J connectivity index is 0.00000144. The molecule has 0 saturated carbocycles. The van der Waals surface area contributed by atoms with E-state index < -0.39 is 15.6 Å². The highest BCUT2D eigenvalue weighted by molar-refractivity contribution is 7.87. The van der Waals surface area contributed by atoms with E-state index >= 15 is 0 Å². The quantitative estimate of drug-likeness (QED) is 0.620. The SMILES string of the molecule is Cl.O=S(=O)(Oc1ccc2c(c1)CC2)C(F)(F)F. The molecule has 8 heteroatoms. The molecule has 1 aromatic carbocycles. The second-order valence-corrected chi connectivity index (χ2v) is 4.95. The zero-order chi connectivity index (χ0) is 12.0. The van der Waals surface area contributed by atoms with Crippen molar-refractivity contribution < 1.29 is 25.8 Å². The van der Waals surface area contributed by atoms with Gasteiger partial charge in [-0.1, -0.05) is 6.07 Å². The van der Waals surface area contributed by atoms with E-state index in [4.69, 9.17) is 0 Å². The highest BCUT2D eigenvalue weighted by Crippen LogP contribution is 2.31. The van der Waals surface area contributed by atoms with Crippen LogP contribution in [0.25, 0.3) is 0 Å². The van der Waals surface area contributed by atoms with Crippen molar-refractivity contribution in [3.63, 3.8) is 0 Å². The molecule has 0 aliphatic heterocycles. The predicted octanol–water partition coefficient (Wildman–Crippen LogP) is 2.44. The standard InChI is InChI=1S/C9H7F3O3S.ClH/c10-9(11,12)16(13,14)15-8-4-3-6-1-2-7(6)5-8;/h3-5H,1-2H2;1H. The minimum atomic E-state index is -5.56. The van der Waals surface area contributed by atoms with E-state index in [0.717, 1.165) is 24.0 Å². The van der Waals surface area contributed by atoms with E-state index in [2.05, 4.69) is 4.18 Å². The maximum atomic E-state index is 12.0. The zero-order valence-electron chi connectivity index (χ0n) is 8.32. The monoisotopic (exact) mass is 288 g/mol. The number of aryl methyl sites for hydroxylation is 2. The molecule has 0 amide bonds. The third-order valence-electron chi connectivity index (χ3n) is 2.33. The lowest BCUT2D eigenvalue weighted by Crippen LogP contribution is -2.28. The Morgan fingerprint density at radius 2 is 1.71 bits per heavy atom. The van der Waals surface area contributed by atoms with Gasteiger partial charge >= 0.3 is 15.6 Å². The van der Waals surface area contributed by atoms with Gasteiger partial charge in [0.15, 0.2) is 0 Å². The first-order valence-corrected chi connectivity index (χ1v) is 5.83. The highest BCUT2D eigenvalue weighted by atomic mass is 35.5. The van der Waals surface area contributed by atoms with E-state index in [1.807, 2.05) is 0 Å². The summed E-state index contributed by atoms with van der Waals surface area (Å²) >= 11 is 0. The average Bonchev–Trinajstić information content (AvgIpc) is 2.07. The van der Waals surface area contributed by atoms with E-state index in [1.54, 1.807) is 6.07 Å². The van der Waals surface area contributed by atoms with Gasteiger partial charge in [0.1, 0.15) is 5.75 Å². The molecule has 0 N–H and O–H groups in total. The molecular formula is C9H8ClF3O3S. The molecule has 0 spiro atoms. The first-order valence-electron chi connectivity index (χ1n) is 4.42. The molecular weight excluding hydrogens is 281 g/mol. The lowest BCUT2D eigenvalue weighted by Gasteiger charge is -2.19. The summed E-state index contributed by atoms with van der Waals surface area (Å²) < 4.78 is 61.4. The van der Waals surface area contributed by atoms with Crippen LogP contribution in [-0.2, 0) is 23.0 Å². The Labute approximate surface area is 102 Å². The summed E-state index contributed by atoms with van der Waals surface area (Å²) in [5.41, 5.74) is -3.55. The van der Waals surface area contributed by atoms with Gasteiger partial charge in [0.05, 0.1) is 0 Å². The van der Waals surface area contributed by atoms with Gasteiger partial charge in [0.25, 0.3) is 0 Å². The summed E-state index contributed by atoms with van der Waals surface area (Å²) in [5.74, 6) is -0.296. The van der Waals surface area contributed by atoms with E-state index in [1.165, 1.54) is 12.1 Å². The van der Waals surface area contributed by atoms with Crippen molar-refractivity contribution in [1.29, 1.82) is 0 Å². The Bertz CT molecular complexity index is 525. The number of hydrogen-bond donors (Lipinski definition) is 0. The van der Waals surface area contributed by atoms with Gasteiger partial charge in [-0.3, -0.25) is 0 Å². The summed E-state index contributed by atoms with van der Waals surface area (Å²) in [6.07, 6.45) is 1.60. The fraction of sp³-hybridized carbons (Fsp3) is 0.333. The van der Waals surface area contributed by atoms with Crippen molar-refractivity contribution in [2.75, 3.05) is 0 Å². The summed E-state index contributed by atoms with van der Waals surface area (Å²) in [7, 11) is -5.56. The first kappa shape index (κ1) is 14.1. The molecule has 1 aromatic rings. The molecule has 96 valence electrons. The van der Waals surface area contributed by atoms with Crippen LogP contribution in [0.5, 0.6) is 5.75 Å². The minimum absolute atomic E-state index is 0. The van der Waals surface area contributed by atoms with Crippen molar-refractivity contribution in [3.8, 4) is 5.75 Å². The third-order valence-corrected chi connectivity index (χ3v) is 3.31. The number of halogens is 4. The van der Waals surface area contributed by atoms with Gasteiger partial charge in [-0.25, -0.2) is 0 Å². The summed E-state index contributed by atoms with van der Waals surface area (Å²) in [6.45, 7) is 0. The van der Waals surface area contributed by atoms with Crippen LogP contribution in [-0.4, -0.2) is 13.9 Å². The average molecular weight is 289 g/mol. The van der Waals surface area contributed by atoms with Gasteiger partial charge in [0.2, 0.25) is 0 Å². The van der Waals surface area contributed by atoms with Gasteiger partial charge < -0.3 is 4.18 Å². The zero-order valence-corrected chi connectivity index (χ0v) is 9.95. The highest BCUT2D eigenvalue weighted by Gasteiger charge is 2.48. The number of fused-ring (bicyclic) bond motifs is 1. The van der Waals surface area contributed by atoms with Crippen LogP contribution in [0.1, 0.15) is 11.1 Å². The minimum Gasteiger partial charge on any atom is -0.376 e. The summed E-state index contributed by atoms with van der Waals surface area (Å²) in [6, 6.07) is 4.11.